The van der Waals surface area contributed by atoms with E-state index < -0.39 is 0 Å². The van der Waals surface area contributed by atoms with Crippen LogP contribution in [-0.2, 0) is 9.53 Å². The molecular formula is C27H35NO2. The molecule has 0 aromatic carbocycles. The Hall–Kier alpha value is -1.64. The van der Waals surface area contributed by atoms with Gasteiger partial charge in [0.2, 0.25) is 0 Å². The molecule has 2 heterocycles. The summed E-state index contributed by atoms with van der Waals surface area (Å²) in [6, 6.07) is 4.33. The minimum Gasteiger partial charge on any atom is -0.459 e. The summed E-state index contributed by atoms with van der Waals surface area (Å²) in [5, 5.41) is 0. The number of pyridine rings is 1. The van der Waals surface area contributed by atoms with Crippen LogP contribution in [0.15, 0.2) is 30.6 Å². The Morgan fingerprint density at radius 1 is 1.07 bits per heavy atom. The van der Waals surface area contributed by atoms with E-state index in [4.69, 9.17) is 4.74 Å². The van der Waals surface area contributed by atoms with Crippen molar-refractivity contribution in [2.45, 2.75) is 83.7 Å². The fourth-order valence-electron chi connectivity index (χ4n) is 8.84. The van der Waals surface area contributed by atoms with Crippen LogP contribution in [0.4, 0.5) is 0 Å². The zero-order valence-electron chi connectivity index (χ0n) is 18.5. The van der Waals surface area contributed by atoms with Crippen molar-refractivity contribution in [3.05, 3.63) is 36.2 Å². The van der Waals surface area contributed by atoms with Crippen molar-refractivity contribution >= 4 is 11.5 Å². The molecule has 5 aliphatic rings. The number of esters is 1. The summed E-state index contributed by atoms with van der Waals surface area (Å²) in [6.07, 6.45) is 18.2. The lowest BCUT2D eigenvalue weighted by atomic mass is 9.43. The standard InChI is InChI=1S/C27H35NO2/c1-25-13-14-27(12-10-24(29)30-27)16-19(25)5-6-20-22-8-7-21(18-4-3-15-28-17-18)26(22,2)11-9-23(20)25/h3-4,7,15,17,19-20,22-23H,5-6,8-14,16H2,1-2H3/t19?,20-,22-,23-,25-,26+,27?/m0/s1. The highest BCUT2D eigenvalue weighted by atomic mass is 16.6. The van der Waals surface area contributed by atoms with Crippen LogP contribution in [0, 0.1) is 34.5 Å². The van der Waals surface area contributed by atoms with Gasteiger partial charge >= 0.3 is 5.97 Å². The minimum absolute atomic E-state index is 0.0423. The van der Waals surface area contributed by atoms with E-state index in [1.165, 1.54) is 44.1 Å². The molecule has 3 saturated carbocycles. The first-order chi connectivity index (χ1) is 14.4. The van der Waals surface area contributed by atoms with Gasteiger partial charge < -0.3 is 4.74 Å². The van der Waals surface area contributed by atoms with Gasteiger partial charge in [0.15, 0.2) is 0 Å². The van der Waals surface area contributed by atoms with Crippen molar-refractivity contribution < 1.29 is 9.53 Å². The summed E-state index contributed by atoms with van der Waals surface area (Å²) in [6.45, 7) is 5.15. The Bertz CT molecular complexity index is 893. The molecule has 0 bridgehead atoms. The number of carbonyl (C=O) groups is 1. The van der Waals surface area contributed by atoms with Crippen LogP contribution in [0.3, 0.4) is 0 Å². The van der Waals surface area contributed by atoms with Crippen LogP contribution in [0.25, 0.3) is 5.57 Å². The third-order valence-corrected chi connectivity index (χ3v) is 10.5. The van der Waals surface area contributed by atoms with Gasteiger partial charge in [0, 0.05) is 18.8 Å². The van der Waals surface area contributed by atoms with Gasteiger partial charge in [0.1, 0.15) is 5.60 Å². The fraction of sp³-hybridized carbons (Fsp3) is 0.704. The van der Waals surface area contributed by atoms with Gasteiger partial charge in [-0.25, -0.2) is 0 Å². The van der Waals surface area contributed by atoms with Gasteiger partial charge in [-0.05, 0) is 109 Å². The Labute approximate surface area is 180 Å². The minimum atomic E-state index is -0.111. The van der Waals surface area contributed by atoms with Gasteiger partial charge in [-0.3, -0.25) is 9.78 Å². The molecule has 3 heteroatoms. The fourth-order valence-corrected chi connectivity index (χ4v) is 8.84. The van der Waals surface area contributed by atoms with Gasteiger partial charge in [-0.2, -0.15) is 0 Å². The highest BCUT2D eigenvalue weighted by Crippen LogP contribution is 2.68. The van der Waals surface area contributed by atoms with Crippen LogP contribution in [0.5, 0.6) is 0 Å². The van der Waals surface area contributed by atoms with E-state index in [2.05, 4.69) is 43.2 Å². The first-order valence-electron chi connectivity index (χ1n) is 12.3. The zero-order valence-corrected chi connectivity index (χ0v) is 18.5. The highest BCUT2D eigenvalue weighted by Gasteiger charge is 2.61. The molecule has 4 aliphatic carbocycles. The number of allylic oxidation sites excluding steroid dienone is 2. The van der Waals surface area contributed by atoms with E-state index in [-0.39, 0.29) is 11.6 Å². The number of hydrogen-bond donors (Lipinski definition) is 0. The first kappa shape index (κ1) is 19.1. The smallest absolute Gasteiger partial charge is 0.306 e. The number of fused-ring (bicyclic) bond motifs is 5. The van der Waals surface area contributed by atoms with Gasteiger partial charge in [-0.15, -0.1) is 0 Å². The zero-order chi connectivity index (χ0) is 20.6. The van der Waals surface area contributed by atoms with Crippen LogP contribution >= 0.6 is 0 Å². The molecule has 1 spiro atoms. The summed E-state index contributed by atoms with van der Waals surface area (Å²) in [4.78, 5) is 16.3. The second kappa shape index (κ2) is 6.43. The van der Waals surface area contributed by atoms with E-state index in [0.717, 1.165) is 42.9 Å². The molecule has 6 rings (SSSR count). The second-order valence-electron chi connectivity index (χ2n) is 11.6. The average Bonchev–Trinajstić information content (AvgIpc) is 3.29. The average molecular weight is 406 g/mol. The summed E-state index contributed by atoms with van der Waals surface area (Å²) in [5.41, 5.74) is 3.53. The van der Waals surface area contributed by atoms with Crippen LogP contribution < -0.4 is 0 Å². The molecule has 2 unspecified atom stereocenters. The SMILES string of the molecule is C[C@]12CCC3(CCC(=O)O3)CC1CC[C@@H]1[C@@H]2CC[C@]2(C)C(c3cccnc3)=CC[C@@H]12. The first-order valence-corrected chi connectivity index (χ1v) is 12.3. The normalized spacial score (nSPS) is 47.3. The maximum atomic E-state index is 11.9. The van der Waals surface area contributed by atoms with Gasteiger partial charge in [0.25, 0.3) is 0 Å². The number of hydrogen-bond acceptors (Lipinski definition) is 3. The van der Waals surface area contributed by atoms with Crippen molar-refractivity contribution in [2.75, 3.05) is 0 Å². The van der Waals surface area contributed by atoms with E-state index in [9.17, 15) is 4.79 Å². The lowest BCUT2D eigenvalue weighted by Crippen LogP contribution is -2.55. The summed E-state index contributed by atoms with van der Waals surface area (Å²) in [7, 11) is 0. The second-order valence-corrected chi connectivity index (χ2v) is 11.6. The molecule has 1 aromatic heterocycles. The van der Waals surface area contributed by atoms with Crippen molar-refractivity contribution in [3.63, 3.8) is 0 Å². The lowest BCUT2D eigenvalue weighted by molar-refractivity contribution is -0.168. The van der Waals surface area contributed by atoms with Crippen LogP contribution in [0.2, 0.25) is 0 Å². The van der Waals surface area contributed by atoms with Gasteiger partial charge in [0.05, 0.1) is 0 Å². The molecule has 3 nitrogen and oxygen atoms in total. The highest BCUT2D eigenvalue weighted by molar-refractivity contribution is 5.73. The van der Waals surface area contributed by atoms with E-state index in [0.29, 0.717) is 17.3 Å². The Morgan fingerprint density at radius 3 is 2.73 bits per heavy atom. The molecule has 0 amide bonds. The Kier molecular flexibility index (Phi) is 4.09. The van der Waals surface area contributed by atoms with E-state index >= 15 is 0 Å². The van der Waals surface area contributed by atoms with Crippen LogP contribution in [-0.4, -0.2) is 16.6 Å². The van der Waals surface area contributed by atoms with E-state index in [1.54, 1.807) is 5.57 Å². The number of nitrogens with zero attached hydrogens (tertiary/aromatic N) is 1. The molecule has 1 aromatic rings. The number of ether oxygens (including phenoxy) is 1. The number of rotatable bonds is 1. The maximum absolute atomic E-state index is 11.9. The molecule has 1 saturated heterocycles. The van der Waals surface area contributed by atoms with Crippen molar-refractivity contribution in [2.24, 2.45) is 34.5 Å². The molecule has 0 radical (unpaired) electrons. The van der Waals surface area contributed by atoms with Crippen molar-refractivity contribution in [1.82, 2.24) is 4.98 Å². The molecule has 7 atom stereocenters. The van der Waals surface area contributed by atoms with Crippen molar-refractivity contribution in [1.29, 1.82) is 0 Å². The Morgan fingerprint density at radius 2 is 1.97 bits per heavy atom. The summed E-state index contributed by atoms with van der Waals surface area (Å²) >= 11 is 0. The molecule has 1 aliphatic heterocycles. The summed E-state index contributed by atoms with van der Waals surface area (Å²) < 4.78 is 5.92. The summed E-state index contributed by atoms with van der Waals surface area (Å²) in [5.74, 6) is 3.24. The molecule has 0 N–H and O–H groups in total. The quantitative estimate of drug-likeness (QED) is 0.523. The molecule has 30 heavy (non-hydrogen) atoms. The molecule has 160 valence electrons. The van der Waals surface area contributed by atoms with E-state index in [1.807, 2.05) is 6.20 Å². The third kappa shape index (κ3) is 2.56. The van der Waals surface area contributed by atoms with Crippen LogP contribution in [0.1, 0.15) is 83.6 Å². The topological polar surface area (TPSA) is 39.2 Å². The Balaban J connectivity index is 1.26. The molecular weight excluding hydrogens is 370 g/mol. The van der Waals surface area contributed by atoms with Crippen molar-refractivity contribution in [3.8, 4) is 0 Å². The maximum Gasteiger partial charge on any atom is 0.306 e. The monoisotopic (exact) mass is 405 g/mol. The lowest BCUT2D eigenvalue weighted by Gasteiger charge is -2.62. The predicted octanol–water partition coefficient (Wildman–Crippen LogP) is 6.19. The number of carbonyl (C=O) groups excluding carboxylic acids is 1. The third-order valence-electron chi connectivity index (χ3n) is 10.5. The number of aromatic nitrogens is 1. The van der Waals surface area contributed by atoms with Gasteiger partial charge in [-0.1, -0.05) is 26.0 Å². The molecule has 4 fully saturated rings. The largest absolute Gasteiger partial charge is 0.459 e. The predicted molar refractivity (Wildman–Crippen MR) is 117 cm³/mol.